The van der Waals surface area contributed by atoms with Crippen LogP contribution in [0.15, 0.2) is 30.5 Å². The van der Waals surface area contributed by atoms with E-state index in [1.165, 1.54) is 24.4 Å². The van der Waals surface area contributed by atoms with Crippen LogP contribution in [0.5, 0.6) is 0 Å². The molecule has 0 atom stereocenters. The Morgan fingerprint density at radius 3 is 2.72 bits per heavy atom. The van der Waals surface area contributed by atoms with Crippen molar-refractivity contribution in [2.75, 3.05) is 0 Å². The molecule has 0 saturated carbocycles. The Morgan fingerprint density at radius 2 is 2.11 bits per heavy atom. The molecule has 2 aromatic rings. The van der Waals surface area contributed by atoms with Crippen LogP contribution in [0.2, 0.25) is 0 Å². The third-order valence-corrected chi connectivity index (χ3v) is 2.56. The highest BCUT2D eigenvalue weighted by atomic mass is 19.3. The van der Waals surface area contributed by atoms with Gasteiger partial charge in [0.15, 0.2) is 0 Å². The van der Waals surface area contributed by atoms with Gasteiger partial charge in [0.25, 0.3) is 6.43 Å². The van der Waals surface area contributed by atoms with Crippen LogP contribution in [0, 0.1) is 5.82 Å². The molecule has 3 nitrogen and oxygen atoms in total. The van der Waals surface area contributed by atoms with E-state index < -0.39 is 18.8 Å². The minimum atomic E-state index is -2.73. The van der Waals surface area contributed by atoms with E-state index in [-0.39, 0.29) is 17.8 Å². The third kappa shape index (κ3) is 2.53. The van der Waals surface area contributed by atoms with Crippen molar-refractivity contribution in [3.8, 4) is 0 Å². The molecule has 0 aliphatic rings. The number of hydrogen-bond acceptors (Lipinski definition) is 2. The van der Waals surface area contributed by atoms with E-state index in [0.29, 0.717) is 5.56 Å². The van der Waals surface area contributed by atoms with E-state index in [0.717, 1.165) is 4.68 Å². The summed E-state index contributed by atoms with van der Waals surface area (Å²) in [6, 6.07) is 5.66. The Hall–Kier alpha value is -1.82. The number of alkyl halides is 2. The molecular weight excluding hydrogens is 245 g/mol. The first-order chi connectivity index (χ1) is 8.61. The molecule has 0 amide bonds. The van der Waals surface area contributed by atoms with E-state index in [1.807, 2.05) is 0 Å². The highest BCUT2D eigenvalue weighted by Crippen LogP contribution is 2.23. The number of aliphatic hydroxyl groups excluding tert-OH is 1. The minimum absolute atomic E-state index is 0.0391. The highest BCUT2D eigenvalue weighted by Gasteiger charge is 2.19. The van der Waals surface area contributed by atoms with Gasteiger partial charge in [-0.3, -0.25) is 4.68 Å². The fraction of sp³-hybridized carbons (Fsp3) is 0.250. The number of aromatic nitrogens is 2. The van der Waals surface area contributed by atoms with Gasteiger partial charge in [-0.25, -0.2) is 13.2 Å². The lowest BCUT2D eigenvalue weighted by Gasteiger charge is -2.08. The number of rotatable bonds is 4. The molecule has 0 unspecified atom stereocenters. The Balaban J connectivity index is 2.32. The number of aliphatic hydroxyl groups is 1. The van der Waals surface area contributed by atoms with Crippen molar-refractivity contribution in [3.05, 3.63) is 53.1 Å². The number of nitrogens with zero attached hydrogens (tertiary/aromatic N) is 2. The van der Waals surface area contributed by atoms with Crippen LogP contribution in [0.25, 0.3) is 0 Å². The van der Waals surface area contributed by atoms with Crippen molar-refractivity contribution < 1.29 is 18.3 Å². The zero-order chi connectivity index (χ0) is 13.1. The van der Waals surface area contributed by atoms with Crippen molar-refractivity contribution in [2.24, 2.45) is 0 Å². The summed E-state index contributed by atoms with van der Waals surface area (Å²) in [5.41, 5.74) is 0.285. The zero-order valence-electron chi connectivity index (χ0n) is 9.35. The van der Waals surface area contributed by atoms with Crippen molar-refractivity contribution in [1.82, 2.24) is 9.78 Å². The molecule has 96 valence electrons. The second kappa shape index (κ2) is 5.22. The molecular formula is C12H11F3N2O. The average molecular weight is 256 g/mol. The second-order valence-electron chi connectivity index (χ2n) is 3.80. The third-order valence-electron chi connectivity index (χ3n) is 2.56. The number of halogens is 3. The molecule has 1 N–H and O–H groups in total. The molecule has 6 heteroatoms. The van der Waals surface area contributed by atoms with E-state index in [4.69, 9.17) is 5.11 Å². The molecule has 0 fully saturated rings. The van der Waals surface area contributed by atoms with Gasteiger partial charge in [-0.05, 0) is 17.7 Å². The van der Waals surface area contributed by atoms with Crippen LogP contribution in [0.1, 0.15) is 23.2 Å². The van der Waals surface area contributed by atoms with Crippen molar-refractivity contribution in [2.45, 2.75) is 19.6 Å². The summed E-state index contributed by atoms with van der Waals surface area (Å²) < 4.78 is 39.7. The molecule has 2 rings (SSSR count). The van der Waals surface area contributed by atoms with Crippen molar-refractivity contribution in [1.29, 1.82) is 0 Å². The Bertz CT molecular complexity index is 540. The second-order valence-corrected chi connectivity index (χ2v) is 3.80. The lowest BCUT2D eigenvalue weighted by atomic mass is 10.2. The van der Waals surface area contributed by atoms with Crippen LogP contribution >= 0.6 is 0 Å². The van der Waals surface area contributed by atoms with Gasteiger partial charge in [-0.2, -0.15) is 5.10 Å². The summed E-state index contributed by atoms with van der Waals surface area (Å²) in [4.78, 5) is 0. The fourth-order valence-corrected chi connectivity index (χ4v) is 1.74. The van der Waals surface area contributed by atoms with E-state index >= 15 is 0 Å². The molecule has 0 saturated heterocycles. The lowest BCUT2D eigenvalue weighted by Crippen LogP contribution is -2.08. The van der Waals surface area contributed by atoms with Crippen LogP contribution in [-0.4, -0.2) is 14.9 Å². The largest absolute Gasteiger partial charge is 0.392 e. The maximum absolute atomic E-state index is 13.0. The van der Waals surface area contributed by atoms with Crippen LogP contribution in [-0.2, 0) is 13.2 Å². The van der Waals surface area contributed by atoms with E-state index in [2.05, 4.69) is 5.10 Å². The summed E-state index contributed by atoms with van der Waals surface area (Å²) in [5.74, 6) is -0.430. The molecule has 0 spiro atoms. The highest BCUT2D eigenvalue weighted by molar-refractivity contribution is 5.21. The molecule has 0 aliphatic carbocycles. The molecule has 1 heterocycles. The first kappa shape index (κ1) is 12.6. The SMILES string of the molecule is OCc1cnn(Cc2cccc(F)c2)c1C(F)F. The summed E-state index contributed by atoms with van der Waals surface area (Å²) in [6.45, 7) is -0.458. The molecule has 0 bridgehead atoms. The summed E-state index contributed by atoms with van der Waals surface area (Å²) >= 11 is 0. The molecule has 0 aliphatic heterocycles. The quantitative estimate of drug-likeness (QED) is 0.912. The molecule has 0 radical (unpaired) electrons. The standard InChI is InChI=1S/C12H11F3N2O/c13-10-3-1-2-8(4-10)6-17-11(12(14)15)9(7-18)5-16-17/h1-5,12,18H,6-7H2. The van der Waals surface area contributed by atoms with Gasteiger partial charge in [0.2, 0.25) is 0 Å². The van der Waals surface area contributed by atoms with Gasteiger partial charge in [0.05, 0.1) is 19.3 Å². The predicted octanol–water partition coefficient (Wildman–Crippen LogP) is 2.50. The summed E-state index contributed by atoms with van der Waals surface area (Å²) in [5, 5.41) is 12.7. The first-order valence-corrected chi connectivity index (χ1v) is 5.30. The average Bonchev–Trinajstić information content (AvgIpc) is 2.72. The summed E-state index contributed by atoms with van der Waals surface area (Å²) in [7, 11) is 0. The van der Waals surface area contributed by atoms with Crippen molar-refractivity contribution >= 4 is 0 Å². The van der Waals surface area contributed by atoms with E-state index in [9.17, 15) is 13.2 Å². The van der Waals surface area contributed by atoms with Gasteiger partial charge in [0.1, 0.15) is 11.5 Å². The summed E-state index contributed by atoms with van der Waals surface area (Å²) in [6.07, 6.45) is -1.54. The van der Waals surface area contributed by atoms with Crippen LogP contribution in [0.3, 0.4) is 0 Å². The molecule has 18 heavy (non-hydrogen) atoms. The maximum Gasteiger partial charge on any atom is 0.280 e. The van der Waals surface area contributed by atoms with Gasteiger partial charge < -0.3 is 5.11 Å². The first-order valence-electron chi connectivity index (χ1n) is 5.30. The van der Waals surface area contributed by atoms with Crippen LogP contribution < -0.4 is 0 Å². The Kier molecular flexibility index (Phi) is 3.66. The normalized spacial score (nSPS) is 11.2. The van der Waals surface area contributed by atoms with Crippen LogP contribution in [0.4, 0.5) is 13.2 Å². The number of hydrogen-bond donors (Lipinski definition) is 1. The lowest BCUT2D eigenvalue weighted by molar-refractivity contribution is 0.135. The molecule has 1 aromatic heterocycles. The van der Waals surface area contributed by atoms with Gasteiger partial charge in [-0.1, -0.05) is 12.1 Å². The Labute approximate surface area is 101 Å². The Morgan fingerprint density at radius 1 is 1.33 bits per heavy atom. The number of benzene rings is 1. The predicted molar refractivity (Wildman–Crippen MR) is 58.6 cm³/mol. The minimum Gasteiger partial charge on any atom is -0.392 e. The smallest absolute Gasteiger partial charge is 0.280 e. The maximum atomic E-state index is 13.0. The monoisotopic (exact) mass is 256 g/mol. The topological polar surface area (TPSA) is 38.1 Å². The van der Waals surface area contributed by atoms with Gasteiger partial charge in [-0.15, -0.1) is 0 Å². The zero-order valence-corrected chi connectivity index (χ0v) is 9.35. The van der Waals surface area contributed by atoms with Gasteiger partial charge in [0, 0.05) is 5.56 Å². The van der Waals surface area contributed by atoms with E-state index in [1.54, 1.807) is 6.07 Å². The van der Waals surface area contributed by atoms with Gasteiger partial charge >= 0.3 is 0 Å². The van der Waals surface area contributed by atoms with Crippen molar-refractivity contribution in [3.63, 3.8) is 0 Å². The molecule has 1 aromatic carbocycles. The fourth-order valence-electron chi connectivity index (χ4n) is 1.74.